The van der Waals surface area contributed by atoms with E-state index in [4.69, 9.17) is 10.3 Å². The van der Waals surface area contributed by atoms with Crippen molar-refractivity contribution in [3.8, 4) is 11.5 Å². The van der Waals surface area contributed by atoms with Gasteiger partial charge in [0.25, 0.3) is 11.8 Å². The van der Waals surface area contributed by atoms with E-state index in [0.717, 1.165) is 0 Å². The van der Waals surface area contributed by atoms with Crippen LogP contribution in [0, 0.1) is 5.82 Å². The largest absolute Gasteiger partial charge is 0.396 e. The third-order valence-electron chi connectivity index (χ3n) is 2.06. The monoisotopic (exact) mass is 222 g/mol. The summed E-state index contributed by atoms with van der Waals surface area (Å²) in [4.78, 5) is 5.83. The molecule has 1 heterocycles. The molecule has 1 aromatic carbocycles. The summed E-state index contributed by atoms with van der Waals surface area (Å²) in [5.74, 6) is 0.310. The number of aromatic nitrogens is 2. The van der Waals surface area contributed by atoms with E-state index in [-0.39, 0.29) is 5.69 Å². The van der Waals surface area contributed by atoms with Crippen molar-refractivity contribution in [1.29, 1.82) is 0 Å². The van der Waals surface area contributed by atoms with Crippen LogP contribution in [0.4, 0.5) is 16.0 Å². The van der Waals surface area contributed by atoms with Gasteiger partial charge in [-0.15, -0.1) is 0 Å². The van der Waals surface area contributed by atoms with Crippen LogP contribution >= 0.6 is 0 Å². The van der Waals surface area contributed by atoms with Crippen LogP contribution < -0.4 is 10.6 Å². The molecule has 0 atom stereocenters. The van der Waals surface area contributed by atoms with Gasteiger partial charge in [-0.25, -0.2) is 4.39 Å². The minimum atomic E-state index is -0.462. The first-order chi connectivity index (χ1) is 7.58. The zero-order valence-corrected chi connectivity index (χ0v) is 8.94. The van der Waals surface area contributed by atoms with Crippen molar-refractivity contribution in [2.75, 3.05) is 24.7 Å². The predicted octanol–water partition coefficient (Wildman–Crippen LogP) is 1.52. The summed E-state index contributed by atoms with van der Waals surface area (Å²) in [6.45, 7) is 0. The molecule has 2 rings (SSSR count). The summed E-state index contributed by atoms with van der Waals surface area (Å²) in [6.07, 6.45) is 0. The lowest BCUT2D eigenvalue weighted by atomic mass is 10.2. The third-order valence-corrected chi connectivity index (χ3v) is 2.06. The van der Waals surface area contributed by atoms with Crippen molar-refractivity contribution in [2.24, 2.45) is 0 Å². The van der Waals surface area contributed by atoms with E-state index in [2.05, 4.69) is 10.1 Å². The normalized spacial score (nSPS) is 10.4. The molecule has 0 bridgehead atoms. The standard InChI is InChI=1S/C10H11FN4O/c1-15(2)10-13-9(16-14-10)6-3-4-7(11)8(12)5-6/h3-5H,12H2,1-2H3. The average molecular weight is 222 g/mol. The van der Waals surface area contributed by atoms with Crippen LogP contribution in [-0.4, -0.2) is 24.2 Å². The Morgan fingerprint density at radius 3 is 2.69 bits per heavy atom. The van der Waals surface area contributed by atoms with Gasteiger partial charge in [-0.2, -0.15) is 4.98 Å². The van der Waals surface area contributed by atoms with Gasteiger partial charge in [0.2, 0.25) is 0 Å². The molecule has 6 heteroatoms. The maximum Gasteiger partial charge on any atom is 0.265 e. The Morgan fingerprint density at radius 1 is 1.38 bits per heavy atom. The van der Waals surface area contributed by atoms with Crippen LogP contribution in [0.2, 0.25) is 0 Å². The lowest BCUT2D eigenvalue weighted by Gasteiger charge is -2.02. The molecule has 0 saturated carbocycles. The molecule has 5 nitrogen and oxygen atoms in total. The Balaban J connectivity index is 2.39. The number of anilines is 2. The van der Waals surface area contributed by atoms with E-state index in [1.54, 1.807) is 25.1 Å². The number of hydrogen-bond donors (Lipinski definition) is 1. The highest BCUT2D eigenvalue weighted by Gasteiger charge is 2.11. The van der Waals surface area contributed by atoms with Gasteiger partial charge in [0, 0.05) is 19.7 Å². The van der Waals surface area contributed by atoms with Crippen LogP contribution in [-0.2, 0) is 0 Å². The molecule has 1 aromatic heterocycles. The molecular weight excluding hydrogens is 211 g/mol. The van der Waals surface area contributed by atoms with Gasteiger partial charge in [0.15, 0.2) is 0 Å². The average Bonchev–Trinajstić information content (AvgIpc) is 2.71. The summed E-state index contributed by atoms with van der Waals surface area (Å²) < 4.78 is 18.0. The molecule has 0 spiro atoms. The second-order valence-corrected chi connectivity index (χ2v) is 3.53. The number of hydrogen-bond acceptors (Lipinski definition) is 5. The van der Waals surface area contributed by atoms with Gasteiger partial charge < -0.3 is 15.2 Å². The van der Waals surface area contributed by atoms with Crippen molar-refractivity contribution in [2.45, 2.75) is 0 Å². The highest BCUT2D eigenvalue weighted by Crippen LogP contribution is 2.23. The van der Waals surface area contributed by atoms with E-state index in [0.29, 0.717) is 17.4 Å². The second kappa shape index (κ2) is 3.80. The van der Waals surface area contributed by atoms with Gasteiger partial charge in [-0.3, -0.25) is 0 Å². The molecule has 0 radical (unpaired) electrons. The Hall–Kier alpha value is -2.11. The Bertz CT molecular complexity index is 509. The molecule has 2 aromatic rings. The van der Waals surface area contributed by atoms with Crippen molar-refractivity contribution in [3.63, 3.8) is 0 Å². The van der Waals surface area contributed by atoms with Crippen LogP contribution in [0.1, 0.15) is 0 Å². The molecule has 0 saturated heterocycles. The maximum absolute atomic E-state index is 12.9. The first-order valence-electron chi connectivity index (χ1n) is 4.64. The van der Waals surface area contributed by atoms with Crippen molar-refractivity contribution in [1.82, 2.24) is 10.1 Å². The lowest BCUT2D eigenvalue weighted by Crippen LogP contribution is -2.10. The highest BCUT2D eigenvalue weighted by molar-refractivity contribution is 5.60. The minimum Gasteiger partial charge on any atom is -0.396 e. The number of halogens is 1. The topological polar surface area (TPSA) is 68.2 Å². The molecule has 0 aliphatic heterocycles. The molecule has 0 amide bonds. The van der Waals surface area contributed by atoms with E-state index in [9.17, 15) is 4.39 Å². The van der Waals surface area contributed by atoms with E-state index in [1.165, 1.54) is 12.1 Å². The number of nitrogen functional groups attached to an aromatic ring is 1. The molecular formula is C10H11FN4O. The summed E-state index contributed by atoms with van der Waals surface area (Å²) >= 11 is 0. The van der Waals surface area contributed by atoms with Crippen molar-refractivity contribution in [3.05, 3.63) is 24.0 Å². The molecule has 0 aliphatic rings. The Kier molecular flexibility index (Phi) is 2.47. The molecule has 16 heavy (non-hydrogen) atoms. The van der Waals surface area contributed by atoms with Gasteiger partial charge >= 0.3 is 0 Å². The number of nitrogens with two attached hydrogens (primary N) is 1. The van der Waals surface area contributed by atoms with Gasteiger partial charge in [-0.1, -0.05) is 0 Å². The first-order valence-corrected chi connectivity index (χ1v) is 4.64. The minimum absolute atomic E-state index is 0.0575. The van der Waals surface area contributed by atoms with E-state index >= 15 is 0 Å². The predicted molar refractivity (Wildman–Crippen MR) is 58.4 cm³/mol. The quantitative estimate of drug-likeness (QED) is 0.780. The van der Waals surface area contributed by atoms with Gasteiger partial charge in [0.1, 0.15) is 5.82 Å². The second-order valence-electron chi connectivity index (χ2n) is 3.53. The summed E-state index contributed by atoms with van der Waals surface area (Å²) in [5.41, 5.74) is 6.10. The lowest BCUT2D eigenvalue weighted by molar-refractivity contribution is 0.430. The molecule has 0 aliphatic carbocycles. The fraction of sp³-hybridized carbons (Fsp3) is 0.200. The van der Waals surface area contributed by atoms with Crippen LogP contribution in [0.15, 0.2) is 22.7 Å². The van der Waals surface area contributed by atoms with Crippen molar-refractivity contribution >= 4 is 11.6 Å². The first kappa shape index (κ1) is 10.4. The zero-order chi connectivity index (χ0) is 11.7. The highest BCUT2D eigenvalue weighted by atomic mass is 19.1. The molecule has 84 valence electrons. The fourth-order valence-electron chi connectivity index (χ4n) is 1.19. The molecule has 0 fully saturated rings. The summed E-state index contributed by atoms with van der Waals surface area (Å²) in [6, 6.07) is 4.27. The Labute approximate surface area is 91.7 Å². The number of rotatable bonds is 2. The van der Waals surface area contributed by atoms with Crippen LogP contribution in [0.25, 0.3) is 11.5 Å². The maximum atomic E-state index is 12.9. The smallest absolute Gasteiger partial charge is 0.265 e. The number of nitrogens with zero attached hydrogens (tertiary/aromatic N) is 3. The number of benzene rings is 1. The molecule has 2 N–H and O–H groups in total. The summed E-state index contributed by atoms with van der Waals surface area (Å²) in [7, 11) is 3.60. The fourth-order valence-corrected chi connectivity index (χ4v) is 1.19. The van der Waals surface area contributed by atoms with Crippen molar-refractivity contribution < 1.29 is 8.91 Å². The van der Waals surface area contributed by atoms with E-state index in [1.807, 2.05) is 0 Å². The van der Waals surface area contributed by atoms with Crippen LogP contribution in [0.5, 0.6) is 0 Å². The van der Waals surface area contributed by atoms with Gasteiger partial charge in [-0.05, 0) is 23.4 Å². The van der Waals surface area contributed by atoms with Crippen LogP contribution in [0.3, 0.4) is 0 Å². The van der Waals surface area contributed by atoms with E-state index < -0.39 is 5.82 Å². The summed E-state index contributed by atoms with van der Waals surface area (Å²) in [5, 5.41) is 3.75. The van der Waals surface area contributed by atoms with Gasteiger partial charge in [0.05, 0.1) is 5.69 Å². The SMILES string of the molecule is CN(C)c1noc(-c2ccc(F)c(N)c2)n1. The molecule has 0 unspecified atom stereocenters. The zero-order valence-electron chi connectivity index (χ0n) is 8.94. The third kappa shape index (κ3) is 1.81. The Morgan fingerprint density at radius 2 is 2.12 bits per heavy atom.